The average Bonchev–Trinajstić information content (AvgIpc) is 3.08. The predicted molar refractivity (Wildman–Crippen MR) is 91.6 cm³/mol. The van der Waals surface area contributed by atoms with Gasteiger partial charge in [0.05, 0.1) is 6.04 Å². The molecule has 1 amide bonds. The first kappa shape index (κ1) is 19.0. The summed E-state index contributed by atoms with van der Waals surface area (Å²) in [4.78, 5) is 10.1. The lowest BCUT2D eigenvalue weighted by Crippen LogP contribution is -2.43. The summed E-state index contributed by atoms with van der Waals surface area (Å²) in [6.45, 7) is -0.653. The van der Waals surface area contributed by atoms with Crippen LogP contribution in [0.3, 0.4) is 0 Å². The number of rotatable bonds is 7. The first-order chi connectivity index (χ1) is 11.5. The van der Waals surface area contributed by atoms with E-state index in [9.17, 15) is 14.3 Å². The lowest BCUT2D eigenvalue weighted by Gasteiger charge is -2.22. The minimum atomic E-state index is -1.33. The summed E-state index contributed by atoms with van der Waals surface area (Å²) < 4.78 is 13.1. The van der Waals surface area contributed by atoms with Crippen LogP contribution in [0.15, 0.2) is 24.3 Å². The number of carbonyl (C=O) groups is 1. The number of nitrogens with one attached hydrogen (secondary N) is 1. The van der Waals surface area contributed by atoms with Crippen molar-refractivity contribution in [1.82, 2.24) is 15.5 Å². The molecule has 0 aliphatic carbocycles. The molecule has 0 aliphatic rings. The Hall–Kier alpha value is -1.32. The number of hydrogen-bond donors (Lipinski definition) is 3. The molecular formula is C14H15Cl2FN4O2S. The van der Waals surface area contributed by atoms with Crippen LogP contribution in [0.1, 0.15) is 16.7 Å². The van der Waals surface area contributed by atoms with Gasteiger partial charge in [0.1, 0.15) is 22.8 Å². The Morgan fingerprint density at radius 3 is 2.50 bits per heavy atom. The van der Waals surface area contributed by atoms with Crippen LogP contribution >= 0.6 is 34.5 Å². The standard InChI is InChI=1S/C14H15Cl2FN4O2S/c15-12(16)13(23)19-9(5-17)11(22)7-1-3-8(4-2-7)14-21-20-10(6-18)24-14/h1-4,9,11-12,22H,5-6,18H2,(H,19,23)/t9-,11+/m1/s1. The number of aliphatic hydroxyl groups is 1. The van der Waals surface area contributed by atoms with E-state index < -0.39 is 29.6 Å². The molecule has 0 aliphatic heterocycles. The number of nitrogens with zero attached hydrogens (tertiary/aromatic N) is 2. The molecular weight excluding hydrogens is 378 g/mol. The minimum absolute atomic E-state index is 0.314. The van der Waals surface area contributed by atoms with Gasteiger partial charge in [-0.15, -0.1) is 10.2 Å². The number of halogens is 3. The Morgan fingerprint density at radius 1 is 1.33 bits per heavy atom. The van der Waals surface area contributed by atoms with Crippen molar-refractivity contribution in [2.45, 2.75) is 23.5 Å². The van der Waals surface area contributed by atoms with Crippen molar-refractivity contribution in [3.63, 3.8) is 0 Å². The molecule has 0 radical (unpaired) electrons. The molecule has 2 rings (SSSR count). The summed E-state index contributed by atoms with van der Waals surface area (Å²) in [5.74, 6) is -0.764. The topological polar surface area (TPSA) is 101 Å². The molecule has 4 N–H and O–H groups in total. The summed E-state index contributed by atoms with van der Waals surface area (Å²) in [6.07, 6.45) is -1.24. The summed E-state index contributed by atoms with van der Waals surface area (Å²) in [5, 5.41) is 21.9. The quantitative estimate of drug-likeness (QED) is 0.625. The molecule has 0 saturated carbocycles. The number of amides is 1. The summed E-state index contributed by atoms with van der Waals surface area (Å²) in [5.41, 5.74) is 6.73. The maximum Gasteiger partial charge on any atom is 0.253 e. The van der Waals surface area contributed by atoms with Crippen molar-refractivity contribution in [2.75, 3.05) is 6.67 Å². The zero-order valence-electron chi connectivity index (χ0n) is 12.3. The second-order valence-electron chi connectivity index (χ2n) is 4.84. The Kier molecular flexibility index (Phi) is 6.88. The highest BCUT2D eigenvalue weighted by atomic mass is 35.5. The Bertz CT molecular complexity index is 684. The van der Waals surface area contributed by atoms with Gasteiger partial charge in [-0.1, -0.05) is 58.8 Å². The van der Waals surface area contributed by atoms with E-state index in [0.29, 0.717) is 22.1 Å². The van der Waals surface area contributed by atoms with Crippen LogP contribution in [0, 0.1) is 0 Å². The molecule has 0 bridgehead atoms. The van der Waals surface area contributed by atoms with Gasteiger partial charge in [0.15, 0.2) is 4.84 Å². The fraction of sp³-hybridized carbons (Fsp3) is 0.357. The second kappa shape index (κ2) is 8.68. The third-order valence-electron chi connectivity index (χ3n) is 3.21. The molecule has 0 spiro atoms. The fourth-order valence-corrected chi connectivity index (χ4v) is 2.81. The number of hydrogen-bond acceptors (Lipinski definition) is 6. The SMILES string of the molecule is NCc1nnc(-c2ccc([C@H](O)[C@@H](CF)NC(=O)C(Cl)Cl)cc2)s1. The zero-order valence-corrected chi connectivity index (χ0v) is 14.7. The second-order valence-corrected chi connectivity index (χ2v) is 7.00. The number of carbonyl (C=O) groups excluding carboxylic acids is 1. The third kappa shape index (κ3) is 4.61. The maximum atomic E-state index is 13.1. The van der Waals surface area contributed by atoms with Gasteiger partial charge >= 0.3 is 0 Å². The summed E-state index contributed by atoms with van der Waals surface area (Å²) in [6, 6.07) is 5.55. The Morgan fingerprint density at radius 2 is 2.00 bits per heavy atom. The first-order valence-electron chi connectivity index (χ1n) is 6.91. The number of alkyl halides is 3. The van der Waals surface area contributed by atoms with Gasteiger partial charge in [0, 0.05) is 12.1 Å². The van der Waals surface area contributed by atoms with Crippen molar-refractivity contribution in [1.29, 1.82) is 0 Å². The summed E-state index contributed by atoms with van der Waals surface area (Å²) >= 11 is 12.2. The molecule has 2 aromatic rings. The van der Waals surface area contributed by atoms with E-state index in [1.165, 1.54) is 11.3 Å². The molecule has 0 saturated heterocycles. The van der Waals surface area contributed by atoms with E-state index in [2.05, 4.69) is 15.5 Å². The highest BCUT2D eigenvalue weighted by molar-refractivity contribution is 7.14. The molecule has 130 valence electrons. The molecule has 6 nitrogen and oxygen atoms in total. The highest BCUT2D eigenvalue weighted by Crippen LogP contribution is 2.26. The van der Waals surface area contributed by atoms with Crippen molar-refractivity contribution in [3.8, 4) is 10.6 Å². The van der Waals surface area contributed by atoms with Crippen LogP contribution in [0.2, 0.25) is 0 Å². The van der Waals surface area contributed by atoms with Gasteiger partial charge in [0.25, 0.3) is 5.91 Å². The van der Waals surface area contributed by atoms with Gasteiger partial charge in [0.2, 0.25) is 0 Å². The lowest BCUT2D eigenvalue weighted by atomic mass is 10.0. The van der Waals surface area contributed by atoms with Crippen LogP contribution in [0.25, 0.3) is 10.6 Å². The zero-order chi connectivity index (χ0) is 17.7. The van der Waals surface area contributed by atoms with E-state index in [1.54, 1.807) is 24.3 Å². The smallest absolute Gasteiger partial charge is 0.253 e. The maximum absolute atomic E-state index is 13.1. The van der Waals surface area contributed by atoms with E-state index in [4.69, 9.17) is 28.9 Å². The lowest BCUT2D eigenvalue weighted by molar-refractivity contribution is -0.121. The van der Waals surface area contributed by atoms with Gasteiger partial charge in [-0.25, -0.2) is 4.39 Å². The number of aromatic nitrogens is 2. The van der Waals surface area contributed by atoms with Crippen LogP contribution < -0.4 is 11.1 Å². The Labute approximate surface area is 151 Å². The highest BCUT2D eigenvalue weighted by Gasteiger charge is 2.25. The van der Waals surface area contributed by atoms with Gasteiger partial charge in [-0.3, -0.25) is 4.79 Å². The van der Waals surface area contributed by atoms with E-state index in [1.807, 2.05) is 0 Å². The molecule has 10 heteroatoms. The summed E-state index contributed by atoms with van der Waals surface area (Å²) in [7, 11) is 0. The van der Waals surface area contributed by atoms with Crippen molar-refractivity contribution in [3.05, 3.63) is 34.8 Å². The monoisotopic (exact) mass is 392 g/mol. The van der Waals surface area contributed by atoms with Crippen molar-refractivity contribution < 1.29 is 14.3 Å². The molecule has 1 aromatic heterocycles. The average molecular weight is 393 g/mol. The number of nitrogens with two attached hydrogens (primary N) is 1. The van der Waals surface area contributed by atoms with Gasteiger partial charge in [-0.05, 0) is 5.56 Å². The Balaban J connectivity index is 2.12. The largest absolute Gasteiger partial charge is 0.386 e. The van der Waals surface area contributed by atoms with Crippen LogP contribution in [-0.2, 0) is 11.3 Å². The molecule has 2 atom stereocenters. The molecule has 1 aromatic carbocycles. The van der Waals surface area contributed by atoms with Gasteiger partial charge in [-0.2, -0.15) is 0 Å². The third-order valence-corrected chi connectivity index (χ3v) is 4.60. The number of aliphatic hydroxyl groups excluding tert-OH is 1. The van der Waals surface area contributed by atoms with E-state index in [0.717, 1.165) is 5.56 Å². The van der Waals surface area contributed by atoms with E-state index >= 15 is 0 Å². The van der Waals surface area contributed by atoms with Crippen molar-refractivity contribution in [2.24, 2.45) is 5.73 Å². The molecule has 0 fully saturated rings. The first-order valence-corrected chi connectivity index (χ1v) is 8.60. The van der Waals surface area contributed by atoms with Crippen LogP contribution in [-0.4, -0.2) is 38.8 Å². The minimum Gasteiger partial charge on any atom is -0.386 e. The van der Waals surface area contributed by atoms with Crippen LogP contribution in [0.4, 0.5) is 4.39 Å². The fourth-order valence-electron chi connectivity index (χ4n) is 1.96. The molecule has 0 unspecified atom stereocenters. The van der Waals surface area contributed by atoms with E-state index in [-0.39, 0.29) is 0 Å². The molecule has 1 heterocycles. The predicted octanol–water partition coefficient (Wildman–Crippen LogP) is 1.96. The molecule has 24 heavy (non-hydrogen) atoms. The number of benzene rings is 1. The normalized spacial score (nSPS) is 13.8. The van der Waals surface area contributed by atoms with Crippen molar-refractivity contribution >= 4 is 40.4 Å². The van der Waals surface area contributed by atoms with Crippen LogP contribution in [0.5, 0.6) is 0 Å². The van der Waals surface area contributed by atoms with Gasteiger partial charge < -0.3 is 16.2 Å².